The molecule has 7 heteroatoms. The zero-order chi connectivity index (χ0) is 29.9. The van der Waals surface area contributed by atoms with Gasteiger partial charge in [0.25, 0.3) is 5.91 Å². The number of hydrogen-bond acceptors (Lipinski definition) is 5. The summed E-state index contributed by atoms with van der Waals surface area (Å²) in [6, 6.07) is 24.0. The number of nitrogens with zero attached hydrogens (tertiary/aromatic N) is 2. The Morgan fingerprint density at radius 2 is 1.58 bits per heavy atom. The average molecular weight is 574 g/mol. The lowest BCUT2D eigenvalue weighted by Crippen LogP contribution is -2.30. The Hall–Kier alpha value is -4.91. The van der Waals surface area contributed by atoms with Crippen LogP contribution >= 0.6 is 0 Å². The molecule has 0 fully saturated rings. The van der Waals surface area contributed by atoms with Crippen LogP contribution in [-0.4, -0.2) is 22.4 Å². The number of benzene rings is 3. The number of aryl methyl sites for hydroxylation is 3. The maximum absolute atomic E-state index is 14.0. The highest BCUT2D eigenvalue weighted by molar-refractivity contribution is 6.06. The first kappa shape index (κ1) is 28.2. The summed E-state index contributed by atoms with van der Waals surface area (Å²) in [5, 5.41) is 5.51. The van der Waals surface area contributed by atoms with Crippen molar-refractivity contribution in [3.8, 4) is 0 Å². The van der Waals surface area contributed by atoms with Crippen molar-refractivity contribution in [1.82, 2.24) is 10.3 Å². The van der Waals surface area contributed by atoms with E-state index in [0.29, 0.717) is 31.7 Å². The van der Waals surface area contributed by atoms with Crippen molar-refractivity contribution in [1.29, 1.82) is 0 Å². The summed E-state index contributed by atoms with van der Waals surface area (Å²) in [5.74, 6) is 0.678. The zero-order valence-corrected chi connectivity index (χ0v) is 24.8. The fourth-order valence-corrected chi connectivity index (χ4v) is 6.03. The summed E-state index contributed by atoms with van der Waals surface area (Å²) in [6.45, 7) is 6.87. The molecule has 0 saturated heterocycles. The Labute approximate surface area is 251 Å². The van der Waals surface area contributed by atoms with Crippen molar-refractivity contribution in [2.45, 2.75) is 59.5 Å². The van der Waals surface area contributed by atoms with Gasteiger partial charge in [0.05, 0.1) is 18.4 Å². The van der Waals surface area contributed by atoms with Crippen LogP contribution in [0.2, 0.25) is 0 Å². The second-order valence-corrected chi connectivity index (χ2v) is 11.3. The molecule has 5 aromatic rings. The molecule has 0 radical (unpaired) electrons. The highest BCUT2D eigenvalue weighted by Crippen LogP contribution is 2.31. The van der Waals surface area contributed by atoms with E-state index in [-0.39, 0.29) is 18.2 Å². The smallest absolute Gasteiger partial charge is 0.290 e. The maximum atomic E-state index is 14.0. The number of carbonyl (C=O) groups excluding carboxylic acids is 2. The Morgan fingerprint density at radius 1 is 0.907 bits per heavy atom. The topological polar surface area (TPSA) is 88.0 Å². The minimum Gasteiger partial charge on any atom is -0.464 e. The average Bonchev–Trinajstić information content (AvgIpc) is 3.57. The molecule has 2 amide bonds. The van der Waals surface area contributed by atoms with Crippen LogP contribution in [0.5, 0.6) is 0 Å². The first-order chi connectivity index (χ1) is 20.9. The molecule has 2 heterocycles. The summed E-state index contributed by atoms with van der Waals surface area (Å²) >= 11 is 0. The molecule has 3 aromatic carbocycles. The van der Waals surface area contributed by atoms with E-state index in [4.69, 9.17) is 8.83 Å². The predicted octanol–water partition coefficient (Wildman–Crippen LogP) is 7.19. The van der Waals surface area contributed by atoms with Gasteiger partial charge in [0.2, 0.25) is 5.91 Å². The summed E-state index contributed by atoms with van der Waals surface area (Å²) < 4.78 is 12.0. The first-order valence-corrected chi connectivity index (χ1v) is 14.7. The molecule has 0 unspecified atom stereocenters. The third kappa shape index (κ3) is 6.02. The minimum absolute atomic E-state index is 0.155. The number of rotatable bonds is 8. The van der Waals surface area contributed by atoms with Gasteiger partial charge in [0.15, 0.2) is 5.76 Å². The molecule has 218 valence electrons. The van der Waals surface area contributed by atoms with Crippen molar-refractivity contribution in [2.24, 2.45) is 5.10 Å². The largest absolute Gasteiger partial charge is 0.464 e. The summed E-state index contributed by atoms with van der Waals surface area (Å²) in [5.41, 5.74) is 11.0. The number of carbonyl (C=O) groups is 2. The molecular formula is C36H35N3O4. The van der Waals surface area contributed by atoms with Crippen LogP contribution in [0.4, 0.5) is 0 Å². The molecule has 0 bridgehead atoms. The molecule has 1 N–H and O–H groups in total. The van der Waals surface area contributed by atoms with E-state index in [1.165, 1.54) is 0 Å². The van der Waals surface area contributed by atoms with Crippen LogP contribution in [0.1, 0.15) is 68.1 Å². The molecule has 7 nitrogen and oxygen atoms in total. The van der Waals surface area contributed by atoms with E-state index in [2.05, 4.69) is 16.6 Å². The van der Waals surface area contributed by atoms with E-state index in [1.807, 2.05) is 92.4 Å². The molecule has 0 atom stereocenters. The van der Waals surface area contributed by atoms with Gasteiger partial charge in [-0.15, -0.1) is 0 Å². The highest BCUT2D eigenvalue weighted by Gasteiger charge is 2.30. The molecule has 1 aliphatic rings. The van der Waals surface area contributed by atoms with Crippen LogP contribution in [0, 0.1) is 20.8 Å². The maximum Gasteiger partial charge on any atom is 0.290 e. The van der Waals surface area contributed by atoms with Gasteiger partial charge >= 0.3 is 0 Å². The van der Waals surface area contributed by atoms with Crippen molar-refractivity contribution >= 4 is 28.5 Å². The standard InChI is InChI=1S/C36H35N3O4/c1-23-17-24(2)33-28(22-42-31(33)18-23)19-32(40)38-37-29-15-10-16-30-34(29)25(3)35(43-30)36(41)39(20-26-11-6-4-7-12-26)21-27-13-8-5-9-14-27/h4-9,11-14,17-18,22H,10,15-16,19-21H2,1-3H3,(H,38,40)/b37-29+. The Bertz CT molecular complexity index is 1770. The van der Waals surface area contributed by atoms with Gasteiger partial charge in [-0.2, -0.15) is 5.10 Å². The number of nitrogens with one attached hydrogen (secondary N) is 1. The lowest BCUT2D eigenvalue weighted by atomic mass is 9.93. The number of fused-ring (bicyclic) bond motifs is 2. The third-order valence-corrected chi connectivity index (χ3v) is 8.00. The van der Waals surface area contributed by atoms with Crippen molar-refractivity contribution in [2.75, 3.05) is 0 Å². The highest BCUT2D eigenvalue weighted by atomic mass is 16.4. The molecular weight excluding hydrogens is 538 g/mol. The molecule has 0 aliphatic heterocycles. The fraction of sp³-hybridized carbons (Fsp3) is 0.250. The zero-order valence-electron chi connectivity index (χ0n) is 24.8. The summed E-state index contributed by atoms with van der Waals surface area (Å²) in [6.07, 6.45) is 4.03. The Balaban J connectivity index is 1.23. The summed E-state index contributed by atoms with van der Waals surface area (Å²) in [4.78, 5) is 28.8. The second-order valence-electron chi connectivity index (χ2n) is 11.3. The molecule has 43 heavy (non-hydrogen) atoms. The van der Waals surface area contributed by atoms with Crippen LogP contribution in [0.3, 0.4) is 0 Å². The molecule has 6 rings (SSSR count). The van der Waals surface area contributed by atoms with E-state index < -0.39 is 0 Å². The molecule has 0 spiro atoms. The van der Waals surface area contributed by atoms with E-state index in [9.17, 15) is 9.59 Å². The SMILES string of the molecule is Cc1cc(C)c2c(CC(=O)N/N=C3\CCCc4oc(C(=O)N(Cc5ccccc5)Cc5ccccc5)c(C)c43)coc2c1. The van der Waals surface area contributed by atoms with Crippen LogP contribution < -0.4 is 5.43 Å². The van der Waals surface area contributed by atoms with Crippen LogP contribution in [-0.2, 0) is 30.7 Å². The molecule has 0 saturated carbocycles. The normalized spacial score (nSPS) is 13.7. The van der Waals surface area contributed by atoms with E-state index in [1.54, 1.807) is 6.26 Å². The Kier molecular flexibility index (Phi) is 7.97. The monoisotopic (exact) mass is 573 g/mol. The van der Waals surface area contributed by atoms with Gasteiger partial charge in [-0.3, -0.25) is 9.59 Å². The van der Waals surface area contributed by atoms with Crippen LogP contribution in [0.15, 0.2) is 93.0 Å². The van der Waals surface area contributed by atoms with E-state index >= 15 is 0 Å². The number of hydrazone groups is 1. The van der Waals surface area contributed by atoms with Gasteiger partial charge in [-0.25, -0.2) is 5.43 Å². The fourth-order valence-electron chi connectivity index (χ4n) is 6.03. The number of hydrogen-bond donors (Lipinski definition) is 1. The van der Waals surface area contributed by atoms with Crippen molar-refractivity contribution < 1.29 is 18.4 Å². The minimum atomic E-state index is -0.225. The molecule has 1 aliphatic carbocycles. The van der Waals surface area contributed by atoms with Gasteiger partial charge < -0.3 is 13.7 Å². The Morgan fingerprint density at radius 3 is 2.26 bits per heavy atom. The van der Waals surface area contributed by atoms with Crippen molar-refractivity contribution in [3.05, 3.63) is 130 Å². The number of furan rings is 2. The predicted molar refractivity (Wildman–Crippen MR) is 167 cm³/mol. The van der Waals surface area contributed by atoms with Gasteiger partial charge in [-0.1, -0.05) is 66.7 Å². The lowest BCUT2D eigenvalue weighted by molar-refractivity contribution is -0.120. The first-order valence-electron chi connectivity index (χ1n) is 14.7. The van der Waals surface area contributed by atoms with Crippen molar-refractivity contribution in [3.63, 3.8) is 0 Å². The van der Waals surface area contributed by atoms with Gasteiger partial charge in [0.1, 0.15) is 11.3 Å². The van der Waals surface area contributed by atoms with Crippen LogP contribution in [0.25, 0.3) is 11.0 Å². The van der Waals surface area contributed by atoms with Gasteiger partial charge in [0, 0.05) is 41.6 Å². The van der Waals surface area contributed by atoms with E-state index in [0.717, 1.165) is 67.8 Å². The summed E-state index contributed by atoms with van der Waals surface area (Å²) in [7, 11) is 0. The number of amides is 2. The quantitative estimate of drug-likeness (QED) is 0.199. The third-order valence-electron chi connectivity index (χ3n) is 8.00. The van der Waals surface area contributed by atoms with Gasteiger partial charge in [-0.05, 0) is 61.9 Å². The molecule has 2 aromatic heterocycles. The second kappa shape index (κ2) is 12.1. The lowest BCUT2D eigenvalue weighted by Gasteiger charge is -2.22.